The van der Waals surface area contributed by atoms with Gasteiger partial charge in [0.05, 0.1) is 11.8 Å². The summed E-state index contributed by atoms with van der Waals surface area (Å²) in [7, 11) is 0. The van der Waals surface area contributed by atoms with Crippen LogP contribution >= 0.6 is 0 Å². The number of alkyl halides is 3. The fourth-order valence-corrected chi connectivity index (χ4v) is 2.56. The van der Waals surface area contributed by atoms with Crippen LogP contribution in [0, 0.1) is 18.8 Å². The largest absolute Gasteiger partial charge is 0.393 e. The zero-order chi connectivity index (χ0) is 14.9. The van der Waals surface area contributed by atoms with Gasteiger partial charge in [0.25, 0.3) is 0 Å². The third-order valence-corrected chi connectivity index (χ3v) is 3.69. The molecule has 0 spiro atoms. The van der Waals surface area contributed by atoms with Gasteiger partial charge in [0.2, 0.25) is 5.91 Å². The van der Waals surface area contributed by atoms with Crippen molar-refractivity contribution in [3.8, 4) is 0 Å². The molecule has 2 N–H and O–H groups in total. The maximum absolute atomic E-state index is 12.9. The Balaban J connectivity index is 2.13. The molecular formula is C13H16F3N3O. The minimum absolute atomic E-state index is 0.0356. The van der Waals surface area contributed by atoms with Gasteiger partial charge in [-0.2, -0.15) is 13.2 Å². The van der Waals surface area contributed by atoms with E-state index in [1.165, 1.54) is 0 Å². The monoisotopic (exact) mass is 287 g/mol. The number of halogens is 3. The van der Waals surface area contributed by atoms with Crippen molar-refractivity contribution in [1.29, 1.82) is 0 Å². The molecule has 0 unspecified atom stereocenters. The third-order valence-electron chi connectivity index (χ3n) is 3.69. The fraction of sp³-hybridized carbons (Fsp3) is 0.538. The van der Waals surface area contributed by atoms with Crippen molar-refractivity contribution in [2.75, 3.05) is 13.1 Å². The van der Waals surface area contributed by atoms with Crippen LogP contribution in [0.1, 0.15) is 11.3 Å². The molecule has 1 amide bonds. The average molecular weight is 287 g/mol. The smallest absolute Gasteiger partial charge is 0.369 e. The molecule has 1 saturated heterocycles. The van der Waals surface area contributed by atoms with Crippen molar-refractivity contribution < 1.29 is 18.0 Å². The van der Waals surface area contributed by atoms with E-state index >= 15 is 0 Å². The fourth-order valence-electron chi connectivity index (χ4n) is 2.56. The van der Waals surface area contributed by atoms with E-state index in [0.29, 0.717) is 6.54 Å². The number of rotatable bonds is 3. The number of primary amides is 1. The van der Waals surface area contributed by atoms with Crippen molar-refractivity contribution in [2.45, 2.75) is 19.6 Å². The summed E-state index contributed by atoms with van der Waals surface area (Å²) in [5, 5.41) is 0. The second kappa shape index (κ2) is 5.40. The Morgan fingerprint density at radius 2 is 2.20 bits per heavy atom. The highest BCUT2D eigenvalue weighted by Gasteiger charge is 2.51. The number of hydrogen-bond acceptors (Lipinski definition) is 3. The number of likely N-dealkylation sites (tertiary alicyclic amines) is 1. The summed E-state index contributed by atoms with van der Waals surface area (Å²) >= 11 is 0. The van der Waals surface area contributed by atoms with Gasteiger partial charge in [0.1, 0.15) is 0 Å². The van der Waals surface area contributed by atoms with E-state index in [2.05, 4.69) is 4.98 Å². The first-order valence-electron chi connectivity index (χ1n) is 6.28. The normalized spacial score (nSPS) is 24.0. The maximum Gasteiger partial charge on any atom is 0.393 e. The number of pyridine rings is 1. The van der Waals surface area contributed by atoms with E-state index < -0.39 is 23.9 Å². The molecule has 2 atom stereocenters. The van der Waals surface area contributed by atoms with Crippen LogP contribution in [0.4, 0.5) is 13.2 Å². The first kappa shape index (κ1) is 14.8. The maximum atomic E-state index is 12.9. The van der Waals surface area contributed by atoms with Crippen molar-refractivity contribution in [3.05, 3.63) is 29.6 Å². The molecule has 7 heteroatoms. The van der Waals surface area contributed by atoms with E-state index in [1.54, 1.807) is 24.1 Å². The molecule has 0 aromatic carbocycles. The SMILES string of the molecule is Cc1ncccc1CN1C[C@@H](C(F)(F)F)[C@H](C(N)=O)C1. The molecule has 1 fully saturated rings. The predicted octanol–water partition coefficient (Wildman–Crippen LogP) is 1.49. The number of nitrogens with zero attached hydrogens (tertiary/aromatic N) is 2. The summed E-state index contributed by atoms with van der Waals surface area (Å²) in [5.41, 5.74) is 6.73. The lowest BCUT2D eigenvalue weighted by atomic mass is 9.95. The van der Waals surface area contributed by atoms with E-state index in [1.807, 2.05) is 6.07 Å². The summed E-state index contributed by atoms with van der Waals surface area (Å²) in [6.07, 6.45) is -2.77. The number of aromatic nitrogens is 1. The number of carbonyl (C=O) groups is 1. The van der Waals surface area contributed by atoms with E-state index in [4.69, 9.17) is 5.73 Å². The quantitative estimate of drug-likeness (QED) is 0.916. The Kier molecular flexibility index (Phi) is 3.99. The van der Waals surface area contributed by atoms with Gasteiger partial charge in [-0.1, -0.05) is 6.07 Å². The van der Waals surface area contributed by atoms with Crippen LogP contribution in [0.3, 0.4) is 0 Å². The molecule has 1 aliphatic heterocycles. The molecule has 2 rings (SSSR count). The van der Waals surface area contributed by atoms with Crippen LogP contribution in [-0.2, 0) is 11.3 Å². The summed E-state index contributed by atoms with van der Waals surface area (Å²) < 4.78 is 38.7. The minimum Gasteiger partial charge on any atom is -0.369 e. The van der Waals surface area contributed by atoms with Gasteiger partial charge in [0.15, 0.2) is 0 Å². The second-order valence-corrected chi connectivity index (χ2v) is 5.10. The molecule has 2 heterocycles. The molecule has 4 nitrogen and oxygen atoms in total. The highest BCUT2D eigenvalue weighted by molar-refractivity contribution is 5.77. The van der Waals surface area contributed by atoms with E-state index in [9.17, 15) is 18.0 Å². The molecule has 0 saturated carbocycles. The minimum atomic E-state index is -4.40. The van der Waals surface area contributed by atoms with Crippen LogP contribution < -0.4 is 5.73 Å². The van der Waals surface area contributed by atoms with E-state index in [-0.39, 0.29) is 13.1 Å². The Morgan fingerprint density at radius 3 is 2.70 bits per heavy atom. The zero-order valence-electron chi connectivity index (χ0n) is 11.0. The molecule has 110 valence electrons. The van der Waals surface area contributed by atoms with Gasteiger partial charge in [-0.15, -0.1) is 0 Å². The molecule has 20 heavy (non-hydrogen) atoms. The van der Waals surface area contributed by atoms with Crippen LogP contribution in [0.2, 0.25) is 0 Å². The van der Waals surface area contributed by atoms with Gasteiger partial charge in [0, 0.05) is 31.5 Å². The zero-order valence-corrected chi connectivity index (χ0v) is 11.0. The molecule has 1 aliphatic rings. The standard InChI is InChI=1S/C13H16F3N3O/c1-8-9(3-2-4-18-8)5-19-6-10(12(17)20)11(7-19)13(14,15)16/h2-4,10-11H,5-7H2,1H3,(H2,17,20)/t10-,11-/m1/s1. The summed E-state index contributed by atoms with van der Waals surface area (Å²) in [6, 6.07) is 3.56. The number of carbonyl (C=O) groups excluding carboxylic acids is 1. The van der Waals surface area contributed by atoms with Crippen LogP contribution in [0.15, 0.2) is 18.3 Å². The summed E-state index contributed by atoms with van der Waals surface area (Å²) in [4.78, 5) is 16.9. The molecule has 1 aromatic rings. The number of aryl methyl sites for hydroxylation is 1. The highest BCUT2D eigenvalue weighted by Crippen LogP contribution is 2.37. The first-order chi connectivity index (χ1) is 9.29. The average Bonchev–Trinajstić information content (AvgIpc) is 2.76. The molecule has 0 bridgehead atoms. The lowest BCUT2D eigenvalue weighted by Crippen LogP contribution is -2.37. The molecule has 1 aromatic heterocycles. The van der Waals surface area contributed by atoms with Crippen molar-refractivity contribution in [1.82, 2.24) is 9.88 Å². The van der Waals surface area contributed by atoms with Crippen LogP contribution in [0.5, 0.6) is 0 Å². The van der Waals surface area contributed by atoms with E-state index in [0.717, 1.165) is 11.3 Å². The Morgan fingerprint density at radius 1 is 1.50 bits per heavy atom. The van der Waals surface area contributed by atoms with Crippen molar-refractivity contribution >= 4 is 5.91 Å². The summed E-state index contributed by atoms with van der Waals surface area (Å²) in [5.74, 6) is -3.75. The van der Waals surface area contributed by atoms with Gasteiger partial charge >= 0.3 is 6.18 Å². The lowest BCUT2D eigenvalue weighted by molar-refractivity contribution is -0.182. The van der Waals surface area contributed by atoms with Crippen molar-refractivity contribution in [2.24, 2.45) is 17.6 Å². The number of nitrogens with two attached hydrogens (primary N) is 1. The lowest BCUT2D eigenvalue weighted by Gasteiger charge is -2.19. The Hall–Kier alpha value is -1.63. The van der Waals surface area contributed by atoms with Crippen LogP contribution in [0.25, 0.3) is 0 Å². The molecule has 0 radical (unpaired) electrons. The van der Waals surface area contributed by atoms with Crippen molar-refractivity contribution in [3.63, 3.8) is 0 Å². The van der Waals surface area contributed by atoms with Crippen LogP contribution in [-0.4, -0.2) is 35.1 Å². The Bertz CT molecular complexity index is 504. The number of amides is 1. The second-order valence-electron chi connectivity index (χ2n) is 5.10. The van der Waals surface area contributed by atoms with Gasteiger partial charge in [-0.05, 0) is 18.6 Å². The third kappa shape index (κ3) is 3.09. The summed E-state index contributed by atoms with van der Waals surface area (Å²) in [6.45, 7) is 1.98. The Labute approximate surface area is 114 Å². The first-order valence-corrected chi connectivity index (χ1v) is 6.28. The van der Waals surface area contributed by atoms with Gasteiger partial charge < -0.3 is 5.73 Å². The van der Waals surface area contributed by atoms with Gasteiger partial charge in [-0.25, -0.2) is 0 Å². The number of hydrogen-bond donors (Lipinski definition) is 1. The van der Waals surface area contributed by atoms with Gasteiger partial charge in [-0.3, -0.25) is 14.7 Å². The predicted molar refractivity (Wildman–Crippen MR) is 66.5 cm³/mol. The molecular weight excluding hydrogens is 271 g/mol. The molecule has 0 aliphatic carbocycles. The topological polar surface area (TPSA) is 59.2 Å². The highest BCUT2D eigenvalue weighted by atomic mass is 19.4.